The average Bonchev–Trinajstić information content (AvgIpc) is 2.72. The van der Waals surface area contributed by atoms with Crippen molar-refractivity contribution in [3.63, 3.8) is 0 Å². The van der Waals surface area contributed by atoms with E-state index >= 15 is 0 Å². The standard InChI is InChI=1S/C14H8N2O2/c17-8-5-6-9-12(7-8)18-14-13(9)15-10-3-1-2-4-11(10)16-14/h1-7,15H. The molecule has 86 valence electrons. The van der Waals surface area contributed by atoms with Crippen LogP contribution in [0.15, 0.2) is 51.7 Å². The summed E-state index contributed by atoms with van der Waals surface area (Å²) in [7, 11) is 0. The van der Waals surface area contributed by atoms with Gasteiger partial charge in [0.25, 0.3) is 0 Å². The third kappa shape index (κ3) is 1.20. The first kappa shape index (κ1) is 9.41. The van der Waals surface area contributed by atoms with Gasteiger partial charge in [-0.1, -0.05) is 12.1 Å². The fraction of sp³-hybridized carbons (Fsp3) is 0. The Bertz CT molecular complexity index is 950. The van der Waals surface area contributed by atoms with Crippen LogP contribution in [0.5, 0.6) is 0 Å². The largest absolute Gasteiger partial charge is 0.436 e. The SMILES string of the molecule is O=c1ccc2c(c1)oc1nc3ccccc3[nH]c12. The topological polar surface area (TPSA) is 58.9 Å². The molecule has 0 spiro atoms. The number of rotatable bonds is 0. The lowest BCUT2D eigenvalue weighted by Gasteiger charge is -1.96. The second-order valence-electron chi connectivity index (χ2n) is 4.19. The number of aromatic nitrogens is 2. The number of para-hydroxylation sites is 2. The summed E-state index contributed by atoms with van der Waals surface area (Å²) in [6.07, 6.45) is 0. The third-order valence-corrected chi connectivity index (χ3v) is 3.03. The summed E-state index contributed by atoms with van der Waals surface area (Å²) in [6, 6.07) is 12.5. The van der Waals surface area contributed by atoms with Gasteiger partial charge in [-0.15, -0.1) is 0 Å². The number of hydrogen-bond donors (Lipinski definition) is 1. The zero-order valence-corrected chi connectivity index (χ0v) is 9.31. The van der Waals surface area contributed by atoms with Gasteiger partial charge in [-0.05, 0) is 24.3 Å². The molecule has 1 N–H and O–H groups in total. The monoisotopic (exact) mass is 236 g/mol. The molecule has 2 aromatic carbocycles. The van der Waals surface area contributed by atoms with Gasteiger partial charge in [0.05, 0.1) is 11.0 Å². The summed E-state index contributed by atoms with van der Waals surface area (Å²) in [5, 5.41) is 0.878. The maximum Gasteiger partial charge on any atom is 0.244 e. The van der Waals surface area contributed by atoms with Crippen LogP contribution in [0.25, 0.3) is 33.2 Å². The molecule has 0 atom stereocenters. The van der Waals surface area contributed by atoms with Crippen molar-refractivity contribution in [2.75, 3.05) is 0 Å². The molecule has 0 saturated heterocycles. The normalized spacial score (nSPS) is 11.6. The summed E-state index contributed by atoms with van der Waals surface area (Å²) < 4.78 is 5.60. The molecule has 18 heavy (non-hydrogen) atoms. The van der Waals surface area contributed by atoms with Crippen LogP contribution in [0, 0.1) is 0 Å². The Balaban J connectivity index is 2.27. The quantitative estimate of drug-likeness (QED) is 0.510. The molecule has 0 aliphatic heterocycles. The zero-order chi connectivity index (χ0) is 12.1. The minimum absolute atomic E-state index is 0.0638. The van der Waals surface area contributed by atoms with Crippen molar-refractivity contribution in [2.24, 2.45) is 0 Å². The number of hydrogen-bond acceptors (Lipinski definition) is 3. The highest BCUT2D eigenvalue weighted by atomic mass is 16.3. The fourth-order valence-electron chi connectivity index (χ4n) is 2.18. The lowest BCUT2D eigenvalue weighted by atomic mass is 10.2. The predicted molar refractivity (Wildman–Crippen MR) is 69.6 cm³/mol. The van der Waals surface area contributed by atoms with Gasteiger partial charge < -0.3 is 9.40 Å². The summed E-state index contributed by atoms with van der Waals surface area (Å²) in [4.78, 5) is 19.0. The first-order chi connectivity index (χ1) is 8.81. The van der Waals surface area contributed by atoms with Crippen molar-refractivity contribution >= 4 is 33.2 Å². The fourth-order valence-corrected chi connectivity index (χ4v) is 2.18. The van der Waals surface area contributed by atoms with Gasteiger partial charge in [0.15, 0.2) is 5.43 Å². The van der Waals surface area contributed by atoms with E-state index in [2.05, 4.69) is 9.97 Å². The third-order valence-electron chi connectivity index (χ3n) is 3.03. The van der Waals surface area contributed by atoms with Gasteiger partial charge in [0.1, 0.15) is 11.1 Å². The Morgan fingerprint density at radius 3 is 2.94 bits per heavy atom. The van der Waals surface area contributed by atoms with Gasteiger partial charge in [-0.3, -0.25) is 4.79 Å². The number of benzene rings is 2. The van der Waals surface area contributed by atoms with E-state index in [1.165, 1.54) is 12.1 Å². The van der Waals surface area contributed by atoms with Crippen molar-refractivity contribution < 1.29 is 4.42 Å². The highest BCUT2D eigenvalue weighted by molar-refractivity contribution is 6.03. The van der Waals surface area contributed by atoms with Crippen LogP contribution in [-0.2, 0) is 0 Å². The van der Waals surface area contributed by atoms with Crippen LogP contribution in [-0.4, -0.2) is 9.97 Å². The highest BCUT2D eigenvalue weighted by Gasteiger charge is 2.09. The lowest BCUT2D eigenvalue weighted by molar-refractivity contribution is 0.654. The second-order valence-corrected chi connectivity index (χ2v) is 4.19. The van der Waals surface area contributed by atoms with Crippen molar-refractivity contribution in [3.8, 4) is 0 Å². The van der Waals surface area contributed by atoms with E-state index in [1.807, 2.05) is 24.3 Å². The Morgan fingerprint density at radius 2 is 2.00 bits per heavy atom. The maximum absolute atomic E-state index is 11.3. The molecule has 2 aromatic heterocycles. The summed E-state index contributed by atoms with van der Waals surface area (Å²) in [5.74, 6) is 0. The van der Waals surface area contributed by atoms with E-state index in [-0.39, 0.29) is 5.43 Å². The van der Waals surface area contributed by atoms with E-state index in [4.69, 9.17) is 4.42 Å². The van der Waals surface area contributed by atoms with Crippen molar-refractivity contribution in [2.45, 2.75) is 0 Å². The lowest BCUT2D eigenvalue weighted by Crippen LogP contribution is -1.92. The molecule has 4 aromatic rings. The molecule has 2 heterocycles. The van der Waals surface area contributed by atoms with Gasteiger partial charge >= 0.3 is 0 Å². The molecule has 0 radical (unpaired) electrons. The van der Waals surface area contributed by atoms with Crippen LogP contribution in [0.2, 0.25) is 0 Å². The smallest absolute Gasteiger partial charge is 0.244 e. The molecule has 0 aliphatic carbocycles. The Kier molecular flexibility index (Phi) is 1.67. The Hall–Kier alpha value is -2.62. The van der Waals surface area contributed by atoms with Gasteiger partial charge in [0.2, 0.25) is 5.71 Å². The molecule has 0 amide bonds. The molecule has 4 rings (SSSR count). The maximum atomic E-state index is 11.3. The predicted octanol–water partition coefficient (Wildman–Crippen LogP) is 2.82. The van der Waals surface area contributed by atoms with Crippen molar-refractivity contribution in [1.29, 1.82) is 0 Å². The average molecular weight is 236 g/mol. The van der Waals surface area contributed by atoms with Crippen molar-refractivity contribution in [3.05, 3.63) is 52.7 Å². The number of fused-ring (bicyclic) bond motifs is 4. The number of nitrogens with zero attached hydrogens (tertiary/aromatic N) is 1. The van der Waals surface area contributed by atoms with Crippen LogP contribution in [0.4, 0.5) is 0 Å². The highest BCUT2D eigenvalue weighted by Crippen LogP contribution is 2.26. The molecule has 0 saturated carbocycles. The van der Waals surface area contributed by atoms with Gasteiger partial charge in [0, 0.05) is 11.5 Å². The molecule has 0 fully saturated rings. The molecule has 0 unspecified atom stereocenters. The number of aromatic amines is 1. The molecular weight excluding hydrogens is 228 g/mol. The number of nitrogens with one attached hydrogen (secondary N) is 1. The van der Waals surface area contributed by atoms with E-state index in [0.717, 1.165) is 21.9 Å². The molecule has 0 aliphatic rings. The second kappa shape index (κ2) is 3.20. The Morgan fingerprint density at radius 1 is 1.11 bits per heavy atom. The summed E-state index contributed by atoms with van der Waals surface area (Å²) in [6.45, 7) is 0. The van der Waals surface area contributed by atoms with Crippen LogP contribution in [0.3, 0.4) is 0 Å². The van der Waals surface area contributed by atoms with E-state index in [1.54, 1.807) is 6.07 Å². The van der Waals surface area contributed by atoms with E-state index in [0.29, 0.717) is 11.3 Å². The van der Waals surface area contributed by atoms with Crippen LogP contribution < -0.4 is 5.43 Å². The summed E-state index contributed by atoms with van der Waals surface area (Å²) in [5.41, 5.74) is 3.63. The number of furan rings is 1. The molecule has 4 nitrogen and oxygen atoms in total. The molecule has 4 heteroatoms. The molecule has 0 bridgehead atoms. The van der Waals surface area contributed by atoms with Crippen LogP contribution >= 0.6 is 0 Å². The number of H-pyrrole nitrogens is 1. The first-order valence-electron chi connectivity index (χ1n) is 5.62. The van der Waals surface area contributed by atoms with Gasteiger partial charge in [-0.25, -0.2) is 4.98 Å². The molecular formula is C14H8N2O2. The van der Waals surface area contributed by atoms with Crippen molar-refractivity contribution in [1.82, 2.24) is 9.97 Å². The summed E-state index contributed by atoms with van der Waals surface area (Å²) >= 11 is 0. The Labute approximate surface area is 101 Å². The van der Waals surface area contributed by atoms with E-state index in [9.17, 15) is 4.79 Å². The minimum Gasteiger partial charge on any atom is -0.436 e. The first-order valence-corrected chi connectivity index (χ1v) is 5.62. The van der Waals surface area contributed by atoms with E-state index < -0.39 is 0 Å². The van der Waals surface area contributed by atoms with Crippen LogP contribution in [0.1, 0.15) is 0 Å². The minimum atomic E-state index is -0.0638. The van der Waals surface area contributed by atoms with Gasteiger partial charge in [-0.2, -0.15) is 0 Å². The zero-order valence-electron chi connectivity index (χ0n) is 9.31.